The van der Waals surface area contributed by atoms with Crippen molar-refractivity contribution in [3.63, 3.8) is 0 Å². The lowest BCUT2D eigenvalue weighted by atomic mass is 10.1. The molecule has 0 bridgehead atoms. The fraction of sp³-hybridized carbons (Fsp3) is 0.0952. The molecule has 0 aliphatic heterocycles. The number of allylic oxidation sites excluding steroid dienone is 1. The molecule has 0 fully saturated rings. The number of rotatable bonds is 6. The van der Waals surface area contributed by atoms with Gasteiger partial charge in [0.25, 0.3) is 0 Å². The Morgan fingerprint density at radius 2 is 2.00 bits per heavy atom. The number of halogens is 1. The summed E-state index contributed by atoms with van der Waals surface area (Å²) in [4.78, 5) is 11.9. The predicted molar refractivity (Wildman–Crippen MR) is 114 cm³/mol. The monoisotopic (exact) mass is 425 g/mol. The lowest BCUT2D eigenvalue weighted by molar-refractivity contribution is 0.473. The van der Waals surface area contributed by atoms with E-state index in [0.717, 1.165) is 17.0 Å². The molecular formula is C21H16ClN3O3S. The molecule has 0 aliphatic carbocycles. The van der Waals surface area contributed by atoms with Crippen LogP contribution in [0.4, 0.5) is 0 Å². The van der Waals surface area contributed by atoms with Crippen molar-refractivity contribution in [3.8, 4) is 17.1 Å². The van der Waals surface area contributed by atoms with Crippen LogP contribution in [0.25, 0.3) is 22.4 Å². The Balaban J connectivity index is 1.69. The maximum atomic E-state index is 11.9. The normalized spacial score (nSPS) is 11.1. The minimum atomic E-state index is -0.493. The van der Waals surface area contributed by atoms with Crippen LogP contribution in [0.5, 0.6) is 5.75 Å². The third-order valence-electron chi connectivity index (χ3n) is 4.31. The fourth-order valence-electron chi connectivity index (χ4n) is 2.99. The van der Waals surface area contributed by atoms with E-state index in [1.165, 1.54) is 23.9 Å². The Morgan fingerprint density at radius 1 is 1.21 bits per heavy atom. The minimum Gasteiger partial charge on any atom is -0.506 e. The second-order valence-corrected chi connectivity index (χ2v) is 7.60. The molecule has 1 N–H and O–H groups in total. The van der Waals surface area contributed by atoms with Crippen molar-refractivity contribution >= 4 is 34.3 Å². The van der Waals surface area contributed by atoms with Gasteiger partial charge >= 0.3 is 5.63 Å². The van der Waals surface area contributed by atoms with Crippen LogP contribution >= 0.6 is 23.4 Å². The standard InChI is InChI=1S/C21H16ClN3O3S/c1-2-8-25-20(13-6-4-3-5-7-13)23-24-21(25)29-12-14-9-19(27)28-18-11-17(26)16(22)10-15(14)18/h2-7,9-11,26H,1,8,12H2. The van der Waals surface area contributed by atoms with Crippen molar-refractivity contribution in [2.24, 2.45) is 0 Å². The predicted octanol–water partition coefficient (Wildman–Crippen LogP) is 4.89. The summed E-state index contributed by atoms with van der Waals surface area (Å²) < 4.78 is 7.16. The zero-order chi connectivity index (χ0) is 20.4. The molecule has 2 heterocycles. The Morgan fingerprint density at radius 3 is 2.76 bits per heavy atom. The molecule has 0 unspecified atom stereocenters. The molecule has 0 saturated carbocycles. The van der Waals surface area contributed by atoms with Gasteiger partial charge in [-0.1, -0.05) is 59.8 Å². The summed E-state index contributed by atoms with van der Waals surface area (Å²) in [5, 5.41) is 20.0. The van der Waals surface area contributed by atoms with E-state index in [1.54, 1.807) is 12.1 Å². The van der Waals surface area contributed by atoms with Crippen molar-refractivity contribution in [3.05, 3.63) is 82.2 Å². The summed E-state index contributed by atoms with van der Waals surface area (Å²) in [6, 6.07) is 14.2. The van der Waals surface area contributed by atoms with Crippen LogP contribution in [0.15, 0.2) is 75.6 Å². The molecule has 0 amide bonds. The van der Waals surface area contributed by atoms with Gasteiger partial charge in [0.2, 0.25) is 0 Å². The minimum absolute atomic E-state index is 0.134. The molecule has 8 heteroatoms. The van der Waals surface area contributed by atoms with Crippen molar-refractivity contribution in [1.82, 2.24) is 14.8 Å². The van der Waals surface area contributed by atoms with Crippen LogP contribution in [0.2, 0.25) is 5.02 Å². The number of hydrogen-bond acceptors (Lipinski definition) is 6. The maximum absolute atomic E-state index is 11.9. The number of phenolic OH excluding ortho intramolecular Hbond substituents is 1. The van der Waals surface area contributed by atoms with E-state index >= 15 is 0 Å². The summed E-state index contributed by atoms with van der Waals surface area (Å²) >= 11 is 7.48. The molecular weight excluding hydrogens is 410 g/mol. The van der Waals surface area contributed by atoms with Gasteiger partial charge in [-0.15, -0.1) is 16.8 Å². The second kappa shape index (κ2) is 8.14. The summed E-state index contributed by atoms with van der Waals surface area (Å²) in [7, 11) is 0. The maximum Gasteiger partial charge on any atom is 0.336 e. The second-order valence-electron chi connectivity index (χ2n) is 6.25. The van der Waals surface area contributed by atoms with Crippen molar-refractivity contribution in [2.45, 2.75) is 17.5 Å². The molecule has 0 radical (unpaired) electrons. The zero-order valence-corrected chi connectivity index (χ0v) is 16.8. The first-order valence-corrected chi connectivity index (χ1v) is 10.1. The first-order chi connectivity index (χ1) is 14.1. The highest BCUT2D eigenvalue weighted by Crippen LogP contribution is 2.33. The van der Waals surface area contributed by atoms with Crippen LogP contribution in [0, 0.1) is 0 Å². The van der Waals surface area contributed by atoms with E-state index in [-0.39, 0.29) is 16.4 Å². The summed E-state index contributed by atoms with van der Waals surface area (Å²) in [5.41, 5.74) is 1.49. The van der Waals surface area contributed by atoms with Crippen molar-refractivity contribution < 1.29 is 9.52 Å². The summed E-state index contributed by atoms with van der Waals surface area (Å²) in [6.07, 6.45) is 1.79. The molecule has 29 heavy (non-hydrogen) atoms. The molecule has 4 aromatic rings. The Kier molecular flexibility index (Phi) is 5.42. The first kappa shape index (κ1) is 19.3. The number of aromatic hydroxyl groups is 1. The molecule has 2 aromatic carbocycles. The topological polar surface area (TPSA) is 81.2 Å². The van der Waals surface area contributed by atoms with Gasteiger partial charge in [-0.2, -0.15) is 0 Å². The van der Waals surface area contributed by atoms with Gasteiger partial charge in [-0.25, -0.2) is 4.79 Å². The highest BCUT2D eigenvalue weighted by atomic mass is 35.5. The molecule has 0 spiro atoms. The Bertz CT molecular complexity index is 1250. The summed E-state index contributed by atoms with van der Waals surface area (Å²) in [6.45, 7) is 4.38. The van der Waals surface area contributed by atoms with Crippen LogP contribution in [0.1, 0.15) is 5.56 Å². The molecule has 6 nitrogen and oxygen atoms in total. The van der Waals surface area contributed by atoms with E-state index in [0.29, 0.717) is 22.8 Å². The number of benzene rings is 2. The van der Waals surface area contributed by atoms with Gasteiger partial charge in [0.15, 0.2) is 11.0 Å². The van der Waals surface area contributed by atoms with Crippen molar-refractivity contribution in [1.29, 1.82) is 0 Å². The molecule has 146 valence electrons. The molecule has 0 saturated heterocycles. The third kappa shape index (κ3) is 3.92. The molecule has 0 atom stereocenters. The molecule has 4 rings (SSSR count). The van der Waals surface area contributed by atoms with Gasteiger partial charge in [0.1, 0.15) is 11.3 Å². The lowest BCUT2D eigenvalue weighted by Gasteiger charge is -2.09. The van der Waals surface area contributed by atoms with E-state index in [2.05, 4.69) is 16.8 Å². The molecule has 0 aliphatic rings. The van der Waals surface area contributed by atoms with Gasteiger partial charge in [0.05, 0.1) is 5.02 Å². The quantitative estimate of drug-likeness (QED) is 0.269. The average Bonchev–Trinajstić information content (AvgIpc) is 3.11. The summed E-state index contributed by atoms with van der Waals surface area (Å²) in [5.74, 6) is 1.07. The van der Waals surface area contributed by atoms with Gasteiger partial charge in [0, 0.05) is 35.4 Å². The van der Waals surface area contributed by atoms with Crippen LogP contribution in [-0.4, -0.2) is 19.9 Å². The van der Waals surface area contributed by atoms with Gasteiger partial charge < -0.3 is 9.52 Å². The third-order valence-corrected chi connectivity index (χ3v) is 5.63. The van der Waals surface area contributed by atoms with Gasteiger partial charge in [-0.05, 0) is 11.6 Å². The van der Waals surface area contributed by atoms with E-state index < -0.39 is 5.63 Å². The zero-order valence-electron chi connectivity index (χ0n) is 15.2. The number of aromatic nitrogens is 3. The Labute approximate surface area is 175 Å². The fourth-order valence-corrected chi connectivity index (χ4v) is 4.09. The first-order valence-electron chi connectivity index (χ1n) is 8.74. The van der Waals surface area contributed by atoms with Crippen LogP contribution < -0.4 is 5.63 Å². The SMILES string of the molecule is C=CCn1c(SCc2cc(=O)oc3cc(O)c(Cl)cc23)nnc1-c1ccccc1. The van der Waals surface area contributed by atoms with E-state index in [9.17, 15) is 9.90 Å². The largest absolute Gasteiger partial charge is 0.506 e. The highest BCUT2D eigenvalue weighted by Gasteiger charge is 2.15. The lowest BCUT2D eigenvalue weighted by Crippen LogP contribution is -2.02. The van der Waals surface area contributed by atoms with Crippen LogP contribution in [0.3, 0.4) is 0 Å². The number of nitrogens with zero attached hydrogens (tertiary/aromatic N) is 3. The van der Waals surface area contributed by atoms with E-state index in [4.69, 9.17) is 16.0 Å². The van der Waals surface area contributed by atoms with Crippen molar-refractivity contribution in [2.75, 3.05) is 0 Å². The smallest absolute Gasteiger partial charge is 0.336 e. The molecule has 2 aromatic heterocycles. The highest BCUT2D eigenvalue weighted by molar-refractivity contribution is 7.98. The number of hydrogen-bond donors (Lipinski definition) is 1. The van der Waals surface area contributed by atoms with Gasteiger partial charge in [-0.3, -0.25) is 4.57 Å². The Hall–Kier alpha value is -3.03. The number of phenols is 1. The number of fused-ring (bicyclic) bond motifs is 1. The van der Waals surface area contributed by atoms with E-state index in [1.807, 2.05) is 34.9 Å². The average molecular weight is 426 g/mol. The van der Waals surface area contributed by atoms with Crippen LogP contribution in [-0.2, 0) is 12.3 Å². The number of thioether (sulfide) groups is 1.